The molecule has 0 aliphatic rings. The van der Waals surface area contributed by atoms with Gasteiger partial charge in [0.25, 0.3) is 0 Å². The van der Waals surface area contributed by atoms with Crippen LogP contribution in [0.2, 0.25) is 0 Å². The number of carboxylic acid groups (broad SMARTS) is 1. The number of ether oxygens (including phenoxy) is 2. The highest BCUT2D eigenvalue weighted by Crippen LogP contribution is 2.08. The quantitative estimate of drug-likeness (QED) is 0.455. The average molecular weight is 268 g/mol. The Kier molecular flexibility index (Phi) is 12.4. The minimum absolute atomic E-state index is 0.189. The molecule has 0 fully saturated rings. The van der Waals surface area contributed by atoms with Crippen molar-refractivity contribution in [3.8, 4) is 0 Å². The highest BCUT2D eigenvalue weighted by Gasteiger charge is 2.30. The zero-order chi connectivity index (χ0) is 14.7. The molecule has 0 aromatic heterocycles. The lowest BCUT2D eigenvalue weighted by Crippen LogP contribution is -2.43. The lowest BCUT2D eigenvalue weighted by atomic mass is 10.2. The minimum atomic E-state index is -1.97. The van der Waals surface area contributed by atoms with Crippen molar-refractivity contribution in [2.24, 2.45) is 0 Å². The molecule has 7 heteroatoms. The van der Waals surface area contributed by atoms with Gasteiger partial charge in [-0.25, -0.2) is 4.79 Å². The molecule has 0 amide bonds. The Labute approximate surface area is 107 Å². The summed E-state index contributed by atoms with van der Waals surface area (Å²) in [7, 11) is 0. The Hall–Kier alpha value is -0.730. The first kappa shape index (κ1) is 19.6. The number of rotatable bonds is 8. The van der Waals surface area contributed by atoms with E-state index in [9.17, 15) is 4.79 Å². The summed E-state index contributed by atoms with van der Waals surface area (Å²) in [6.07, 6.45) is -5.70. The van der Waals surface area contributed by atoms with Crippen LogP contribution in [0.15, 0.2) is 0 Å². The van der Waals surface area contributed by atoms with Crippen LogP contribution >= 0.6 is 0 Å². The van der Waals surface area contributed by atoms with Crippen molar-refractivity contribution in [2.45, 2.75) is 58.9 Å². The molecule has 0 aliphatic carbocycles. The van der Waals surface area contributed by atoms with Crippen molar-refractivity contribution < 1.29 is 34.7 Å². The Bertz CT molecular complexity index is 206. The fraction of sp³-hybridized carbons (Fsp3) is 0.909. The maximum absolute atomic E-state index is 10.7. The molecular formula is C11H24O7. The van der Waals surface area contributed by atoms with Gasteiger partial charge >= 0.3 is 5.97 Å². The van der Waals surface area contributed by atoms with Gasteiger partial charge in [-0.1, -0.05) is 20.8 Å². The second-order valence-corrected chi connectivity index (χ2v) is 3.29. The summed E-state index contributed by atoms with van der Waals surface area (Å²) in [5.74, 6) is -1.40. The standard InChI is InChI=1S/C9H18O7.C2H6/c1-3-4-15-9(8(13)14)16-6(5(2)10)7(11)12;1-2/h5-6,8-10,13-14H,3-4H2,1-2H3,(H,11,12);1-2H3. The fourth-order valence-corrected chi connectivity index (χ4v) is 0.952. The number of hydrogen-bond donors (Lipinski definition) is 4. The molecular weight excluding hydrogens is 244 g/mol. The second kappa shape index (κ2) is 11.4. The molecule has 0 rings (SSSR count). The van der Waals surface area contributed by atoms with E-state index >= 15 is 0 Å². The highest BCUT2D eigenvalue weighted by atomic mass is 16.7. The first-order chi connectivity index (χ1) is 8.40. The van der Waals surface area contributed by atoms with E-state index in [4.69, 9.17) is 29.9 Å². The summed E-state index contributed by atoms with van der Waals surface area (Å²) in [5, 5.41) is 35.6. The van der Waals surface area contributed by atoms with E-state index in [1.54, 1.807) is 6.92 Å². The van der Waals surface area contributed by atoms with Crippen LogP contribution in [0.3, 0.4) is 0 Å². The van der Waals surface area contributed by atoms with Crippen molar-refractivity contribution >= 4 is 5.97 Å². The maximum atomic E-state index is 10.7. The number of carbonyl (C=O) groups is 1. The summed E-state index contributed by atoms with van der Waals surface area (Å²) in [6, 6.07) is 0. The number of hydrogen-bond acceptors (Lipinski definition) is 6. The normalized spacial score (nSPS) is 15.6. The van der Waals surface area contributed by atoms with Gasteiger partial charge in [0.2, 0.25) is 12.6 Å². The van der Waals surface area contributed by atoms with Crippen LogP contribution in [0.25, 0.3) is 0 Å². The largest absolute Gasteiger partial charge is 0.479 e. The molecule has 0 radical (unpaired) electrons. The zero-order valence-electron chi connectivity index (χ0n) is 11.2. The second-order valence-electron chi connectivity index (χ2n) is 3.29. The van der Waals surface area contributed by atoms with E-state index < -0.39 is 30.8 Å². The van der Waals surface area contributed by atoms with Gasteiger partial charge in [0, 0.05) is 6.61 Å². The number of aliphatic hydroxyl groups excluding tert-OH is 2. The molecule has 0 bridgehead atoms. The minimum Gasteiger partial charge on any atom is -0.479 e. The van der Waals surface area contributed by atoms with Gasteiger partial charge in [0.15, 0.2) is 6.10 Å². The summed E-state index contributed by atoms with van der Waals surface area (Å²) < 4.78 is 9.65. The summed E-state index contributed by atoms with van der Waals surface area (Å²) in [4.78, 5) is 10.7. The first-order valence-corrected chi connectivity index (χ1v) is 5.94. The first-order valence-electron chi connectivity index (χ1n) is 5.94. The Balaban J connectivity index is 0. The maximum Gasteiger partial charge on any atom is 0.335 e. The third-order valence-electron chi connectivity index (χ3n) is 1.69. The fourth-order valence-electron chi connectivity index (χ4n) is 0.952. The van der Waals surface area contributed by atoms with Crippen LogP contribution in [-0.4, -0.2) is 57.8 Å². The Morgan fingerprint density at radius 3 is 2.00 bits per heavy atom. The molecule has 4 N–H and O–H groups in total. The van der Waals surface area contributed by atoms with E-state index in [0.717, 1.165) is 0 Å². The topological polar surface area (TPSA) is 116 Å². The molecule has 7 nitrogen and oxygen atoms in total. The van der Waals surface area contributed by atoms with Gasteiger partial charge in [0.05, 0.1) is 6.10 Å². The Morgan fingerprint density at radius 1 is 1.22 bits per heavy atom. The van der Waals surface area contributed by atoms with Crippen molar-refractivity contribution in [3.63, 3.8) is 0 Å². The molecule has 110 valence electrons. The van der Waals surface area contributed by atoms with Crippen LogP contribution in [0.5, 0.6) is 0 Å². The van der Waals surface area contributed by atoms with E-state index in [2.05, 4.69) is 0 Å². The summed E-state index contributed by atoms with van der Waals surface area (Å²) in [5.41, 5.74) is 0. The molecule has 3 unspecified atom stereocenters. The molecule has 0 aromatic rings. The zero-order valence-corrected chi connectivity index (χ0v) is 11.2. The van der Waals surface area contributed by atoms with Crippen LogP contribution in [0, 0.1) is 0 Å². The molecule has 0 spiro atoms. The third kappa shape index (κ3) is 8.37. The molecule has 0 saturated heterocycles. The van der Waals surface area contributed by atoms with Crippen molar-refractivity contribution in [1.29, 1.82) is 0 Å². The van der Waals surface area contributed by atoms with E-state index in [-0.39, 0.29) is 6.61 Å². The van der Waals surface area contributed by atoms with E-state index in [1.807, 2.05) is 13.8 Å². The predicted molar refractivity (Wildman–Crippen MR) is 63.8 cm³/mol. The molecule has 0 aliphatic heterocycles. The lowest BCUT2D eigenvalue weighted by Gasteiger charge is -2.25. The smallest absolute Gasteiger partial charge is 0.335 e. The SMILES string of the molecule is CC.CCCOC(OC(C(=O)O)C(C)O)C(O)O. The van der Waals surface area contributed by atoms with Gasteiger partial charge in [-0.2, -0.15) is 0 Å². The van der Waals surface area contributed by atoms with Gasteiger partial charge in [-0.3, -0.25) is 0 Å². The number of aliphatic hydroxyl groups is 3. The lowest BCUT2D eigenvalue weighted by molar-refractivity contribution is -0.276. The van der Waals surface area contributed by atoms with Gasteiger partial charge in [0.1, 0.15) is 0 Å². The van der Waals surface area contributed by atoms with Crippen LogP contribution < -0.4 is 0 Å². The number of carboxylic acids is 1. The van der Waals surface area contributed by atoms with Crippen molar-refractivity contribution in [3.05, 3.63) is 0 Å². The molecule has 0 saturated carbocycles. The number of aliphatic carboxylic acids is 1. The van der Waals surface area contributed by atoms with Crippen LogP contribution in [-0.2, 0) is 14.3 Å². The van der Waals surface area contributed by atoms with Gasteiger partial charge in [-0.15, -0.1) is 0 Å². The molecule has 18 heavy (non-hydrogen) atoms. The summed E-state index contributed by atoms with van der Waals surface area (Å²) >= 11 is 0. The van der Waals surface area contributed by atoms with Crippen molar-refractivity contribution in [2.75, 3.05) is 6.61 Å². The molecule has 0 aromatic carbocycles. The van der Waals surface area contributed by atoms with E-state index in [0.29, 0.717) is 6.42 Å². The highest BCUT2D eigenvalue weighted by molar-refractivity contribution is 5.73. The average Bonchev–Trinajstić information content (AvgIpc) is 2.30. The third-order valence-corrected chi connectivity index (χ3v) is 1.69. The monoisotopic (exact) mass is 268 g/mol. The van der Waals surface area contributed by atoms with Crippen LogP contribution in [0.1, 0.15) is 34.1 Å². The van der Waals surface area contributed by atoms with Gasteiger partial charge in [-0.05, 0) is 13.3 Å². The van der Waals surface area contributed by atoms with Crippen LogP contribution in [0.4, 0.5) is 0 Å². The predicted octanol–water partition coefficient (Wildman–Crippen LogP) is -0.0734. The van der Waals surface area contributed by atoms with E-state index in [1.165, 1.54) is 6.92 Å². The van der Waals surface area contributed by atoms with Gasteiger partial charge < -0.3 is 29.9 Å². The molecule has 3 atom stereocenters. The summed E-state index contributed by atoms with van der Waals surface area (Å²) in [6.45, 7) is 7.21. The Morgan fingerprint density at radius 2 is 1.72 bits per heavy atom. The molecule has 0 heterocycles. The van der Waals surface area contributed by atoms with Crippen molar-refractivity contribution in [1.82, 2.24) is 0 Å².